The molecule has 2 rings (SSSR count). The molecule has 25 heavy (non-hydrogen) atoms. The second-order valence-electron chi connectivity index (χ2n) is 7.43. The zero-order valence-electron chi connectivity index (χ0n) is 15.4. The van der Waals surface area contributed by atoms with Crippen LogP contribution in [0.2, 0.25) is 0 Å². The Labute approximate surface area is 149 Å². The molecule has 1 saturated carbocycles. The van der Waals surface area contributed by atoms with E-state index in [9.17, 15) is 14.7 Å². The van der Waals surface area contributed by atoms with Crippen LogP contribution in [0.15, 0.2) is 24.3 Å². The first-order valence-corrected chi connectivity index (χ1v) is 9.09. The van der Waals surface area contributed by atoms with Gasteiger partial charge in [0.05, 0.1) is 11.5 Å². The summed E-state index contributed by atoms with van der Waals surface area (Å²) < 4.78 is 5.62. The van der Waals surface area contributed by atoms with E-state index in [-0.39, 0.29) is 24.5 Å². The number of amides is 1. The minimum atomic E-state index is -0.842. The fraction of sp³-hybridized carbons (Fsp3) is 0.600. The van der Waals surface area contributed by atoms with E-state index in [4.69, 9.17) is 4.74 Å². The third-order valence-electron chi connectivity index (χ3n) is 4.83. The monoisotopic (exact) mass is 347 g/mol. The van der Waals surface area contributed by atoms with Gasteiger partial charge in [-0.1, -0.05) is 18.6 Å². The number of hydrogen-bond donors (Lipinski definition) is 2. The molecule has 0 radical (unpaired) electrons. The van der Waals surface area contributed by atoms with Gasteiger partial charge < -0.3 is 15.2 Å². The summed E-state index contributed by atoms with van der Waals surface area (Å²) in [6, 6.07) is 8.03. The maximum Gasteiger partial charge on any atom is 0.310 e. The largest absolute Gasteiger partial charge is 0.491 e. The van der Waals surface area contributed by atoms with Gasteiger partial charge in [-0.3, -0.25) is 9.59 Å². The van der Waals surface area contributed by atoms with Crippen LogP contribution in [0, 0.1) is 5.41 Å². The molecular weight excluding hydrogens is 318 g/mol. The van der Waals surface area contributed by atoms with Crippen LogP contribution < -0.4 is 10.1 Å². The molecule has 1 unspecified atom stereocenters. The first kappa shape index (κ1) is 19.3. The van der Waals surface area contributed by atoms with Crippen molar-refractivity contribution < 1.29 is 19.4 Å². The third-order valence-corrected chi connectivity index (χ3v) is 4.83. The van der Waals surface area contributed by atoms with Crippen molar-refractivity contribution in [2.45, 2.75) is 71.4 Å². The van der Waals surface area contributed by atoms with E-state index in [1.807, 2.05) is 45.0 Å². The number of aryl methyl sites for hydroxylation is 1. The molecule has 0 aliphatic heterocycles. The van der Waals surface area contributed by atoms with Crippen LogP contribution in [-0.2, 0) is 16.0 Å². The Morgan fingerprint density at radius 2 is 1.84 bits per heavy atom. The summed E-state index contributed by atoms with van der Waals surface area (Å²) in [5.74, 6) is -0.139. The number of aliphatic carboxylic acids is 1. The molecule has 1 amide bonds. The van der Waals surface area contributed by atoms with Crippen LogP contribution >= 0.6 is 0 Å². The minimum Gasteiger partial charge on any atom is -0.491 e. The van der Waals surface area contributed by atoms with E-state index in [1.54, 1.807) is 0 Å². The van der Waals surface area contributed by atoms with Crippen molar-refractivity contribution in [1.29, 1.82) is 0 Å². The molecule has 1 aliphatic rings. The maximum absolute atomic E-state index is 12.1. The fourth-order valence-corrected chi connectivity index (χ4v) is 3.17. The molecule has 0 aromatic heterocycles. The van der Waals surface area contributed by atoms with Crippen LogP contribution in [-0.4, -0.2) is 29.1 Å². The molecular formula is C20H29NO4. The van der Waals surface area contributed by atoms with Crippen molar-refractivity contribution in [3.05, 3.63) is 29.8 Å². The van der Waals surface area contributed by atoms with E-state index < -0.39 is 11.4 Å². The second-order valence-corrected chi connectivity index (χ2v) is 7.43. The lowest BCUT2D eigenvalue weighted by Gasteiger charge is -2.37. The summed E-state index contributed by atoms with van der Waals surface area (Å²) in [6.45, 7) is 5.95. The van der Waals surface area contributed by atoms with Gasteiger partial charge in [0.1, 0.15) is 5.75 Å². The highest BCUT2D eigenvalue weighted by molar-refractivity contribution is 5.85. The molecule has 5 heteroatoms. The number of carbonyl (C=O) groups is 2. The Bertz CT molecular complexity index is 590. The van der Waals surface area contributed by atoms with Gasteiger partial charge in [-0.2, -0.15) is 0 Å². The highest BCUT2D eigenvalue weighted by Crippen LogP contribution is 2.44. The van der Waals surface area contributed by atoms with Crippen molar-refractivity contribution in [2.24, 2.45) is 5.41 Å². The smallest absolute Gasteiger partial charge is 0.310 e. The summed E-state index contributed by atoms with van der Waals surface area (Å²) in [5.41, 5.74) is 0.369. The van der Waals surface area contributed by atoms with Crippen LogP contribution in [0.1, 0.15) is 58.4 Å². The highest BCUT2D eigenvalue weighted by atomic mass is 16.5. The number of rotatable bonds is 9. The standard InChI is InChI=1S/C20H29NO4/c1-14(2)25-17-9-7-16(8-10-17)6-5-15(3)21-18(22)13-20(19(23)24)11-4-12-20/h7-10,14-15H,4-6,11-13H2,1-3H3,(H,21,22)(H,23,24). The summed E-state index contributed by atoms with van der Waals surface area (Å²) in [7, 11) is 0. The second kappa shape index (κ2) is 8.37. The molecule has 0 spiro atoms. The van der Waals surface area contributed by atoms with Gasteiger partial charge in [0, 0.05) is 12.5 Å². The van der Waals surface area contributed by atoms with Crippen LogP contribution in [0.3, 0.4) is 0 Å². The maximum atomic E-state index is 12.1. The van der Waals surface area contributed by atoms with Gasteiger partial charge in [-0.25, -0.2) is 0 Å². The minimum absolute atomic E-state index is 0.0185. The Hall–Kier alpha value is -2.04. The van der Waals surface area contributed by atoms with Crippen molar-refractivity contribution in [3.63, 3.8) is 0 Å². The summed E-state index contributed by atoms with van der Waals surface area (Å²) in [5, 5.41) is 12.2. The molecule has 0 bridgehead atoms. The Balaban J connectivity index is 1.75. The topological polar surface area (TPSA) is 75.6 Å². The van der Waals surface area contributed by atoms with Crippen LogP contribution in [0.5, 0.6) is 5.75 Å². The average Bonchev–Trinajstić information content (AvgIpc) is 2.49. The molecule has 1 aliphatic carbocycles. The number of ether oxygens (including phenoxy) is 1. The van der Waals surface area contributed by atoms with E-state index in [1.165, 1.54) is 5.56 Å². The number of carboxylic acid groups (broad SMARTS) is 1. The Morgan fingerprint density at radius 3 is 2.32 bits per heavy atom. The van der Waals surface area contributed by atoms with Gasteiger partial charge in [0.15, 0.2) is 0 Å². The summed E-state index contributed by atoms with van der Waals surface area (Å²) in [6.07, 6.45) is 4.03. The molecule has 2 N–H and O–H groups in total. The van der Waals surface area contributed by atoms with Crippen molar-refractivity contribution in [1.82, 2.24) is 5.32 Å². The number of benzene rings is 1. The van der Waals surface area contributed by atoms with Gasteiger partial charge in [-0.05, 0) is 64.2 Å². The molecule has 0 heterocycles. The van der Waals surface area contributed by atoms with Crippen molar-refractivity contribution in [2.75, 3.05) is 0 Å². The molecule has 1 fully saturated rings. The van der Waals surface area contributed by atoms with E-state index in [2.05, 4.69) is 5.32 Å². The predicted molar refractivity (Wildman–Crippen MR) is 96.7 cm³/mol. The first-order valence-electron chi connectivity index (χ1n) is 9.09. The lowest BCUT2D eigenvalue weighted by atomic mass is 9.66. The molecule has 1 aromatic carbocycles. The van der Waals surface area contributed by atoms with Crippen LogP contribution in [0.4, 0.5) is 0 Å². The van der Waals surface area contributed by atoms with Crippen molar-refractivity contribution >= 4 is 11.9 Å². The molecule has 138 valence electrons. The quantitative estimate of drug-likeness (QED) is 0.716. The predicted octanol–water partition coefficient (Wildman–Crippen LogP) is 3.56. The van der Waals surface area contributed by atoms with E-state index in [0.717, 1.165) is 25.0 Å². The van der Waals surface area contributed by atoms with Crippen molar-refractivity contribution in [3.8, 4) is 5.75 Å². The first-order chi connectivity index (χ1) is 11.8. The van der Waals surface area contributed by atoms with Gasteiger partial charge in [-0.15, -0.1) is 0 Å². The van der Waals surface area contributed by atoms with Gasteiger partial charge >= 0.3 is 5.97 Å². The number of carboxylic acids is 1. The van der Waals surface area contributed by atoms with Crippen LogP contribution in [0.25, 0.3) is 0 Å². The Morgan fingerprint density at radius 1 is 1.20 bits per heavy atom. The normalized spacial score (nSPS) is 16.8. The zero-order valence-corrected chi connectivity index (χ0v) is 15.4. The summed E-state index contributed by atoms with van der Waals surface area (Å²) in [4.78, 5) is 23.5. The van der Waals surface area contributed by atoms with Gasteiger partial charge in [0.2, 0.25) is 5.91 Å². The fourth-order valence-electron chi connectivity index (χ4n) is 3.17. The average molecular weight is 347 g/mol. The third kappa shape index (κ3) is 5.48. The SMILES string of the molecule is CC(CCc1ccc(OC(C)C)cc1)NC(=O)CC1(C(=O)O)CCC1. The highest BCUT2D eigenvalue weighted by Gasteiger charge is 2.45. The lowest BCUT2D eigenvalue weighted by molar-refractivity contribution is -0.157. The summed E-state index contributed by atoms with van der Waals surface area (Å²) >= 11 is 0. The number of carbonyl (C=O) groups excluding carboxylic acids is 1. The van der Waals surface area contributed by atoms with E-state index in [0.29, 0.717) is 12.8 Å². The molecule has 0 saturated heterocycles. The van der Waals surface area contributed by atoms with Gasteiger partial charge in [0.25, 0.3) is 0 Å². The Kier molecular flexibility index (Phi) is 6.45. The molecule has 5 nitrogen and oxygen atoms in total. The molecule has 1 atom stereocenters. The number of hydrogen-bond acceptors (Lipinski definition) is 3. The number of nitrogens with one attached hydrogen (secondary N) is 1. The van der Waals surface area contributed by atoms with E-state index >= 15 is 0 Å². The molecule has 1 aromatic rings. The lowest BCUT2D eigenvalue weighted by Crippen LogP contribution is -2.44. The zero-order chi connectivity index (χ0) is 18.4.